The highest BCUT2D eigenvalue weighted by atomic mass is 16.1. The van der Waals surface area contributed by atoms with Crippen LogP contribution < -0.4 is 11.1 Å². The number of nitrogens with one attached hydrogen (secondary N) is 1. The number of nitrogens with zero attached hydrogens (tertiary/aromatic N) is 1. The van der Waals surface area contributed by atoms with Gasteiger partial charge >= 0.3 is 0 Å². The van der Waals surface area contributed by atoms with Crippen molar-refractivity contribution < 1.29 is 4.79 Å². The highest BCUT2D eigenvalue weighted by Gasteiger charge is 2.14. The number of carbonyl (C=O) groups is 1. The van der Waals surface area contributed by atoms with E-state index in [1.807, 2.05) is 0 Å². The van der Waals surface area contributed by atoms with Crippen LogP contribution in [0.1, 0.15) is 52.4 Å². The van der Waals surface area contributed by atoms with E-state index in [-0.39, 0.29) is 5.91 Å². The predicted molar refractivity (Wildman–Crippen MR) is 84.5 cm³/mol. The number of rotatable bonds is 10. The zero-order chi connectivity index (χ0) is 14.8. The Bertz CT molecular complexity index is 262. The zero-order valence-electron chi connectivity index (χ0n) is 13.4. The van der Waals surface area contributed by atoms with E-state index < -0.39 is 0 Å². The molecule has 0 aliphatic carbocycles. The van der Waals surface area contributed by atoms with Crippen molar-refractivity contribution in [3.8, 4) is 0 Å². The van der Waals surface area contributed by atoms with E-state index in [9.17, 15) is 4.79 Å². The highest BCUT2D eigenvalue weighted by Crippen LogP contribution is 2.20. The maximum atomic E-state index is 11.8. The Hall–Kier alpha value is -0.610. The number of likely N-dealkylation sites (tertiary alicyclic amines) is 1. The minimum absolute atomic E-state index is 0.203. The van der Waals surface area contributed by atoms with Crippen molar-refractivity contribution in [2.24, 2.45) is 17.6 Å². The van der Waals surface area contributed by atoms with E-state index >= 15 is 0 Å². The third-order valence-corrected chi connectivity index (χ3v) is 4.39. The monoisotopic (exact) mass is 283 g/mol. The van der Waals surface area contributed by atoms with Gasteiger partial charge in [0.25, 0.3) is 0 Å². The topological polar surface area (TPSA) is 58.4 Å². The van der Waals surface area contributed by atoms with Gasteiger partial charge in [0, 0.05) is 13.0 Å². The van der Waals surface area contributed by atoms with Gasteiger partial charge in [-0.05, 0) is 70.1 Å². The van der Waals surface area contributed by atoms with Crippen molar-refractivity contribution in [2.75, 3.05) is 32.7 Å². The van der Waals surface area contributed by atoms with Gasteiger partial charge in [-0.25, -0.2) is 0 Å². The molecule has 4 heteroatoms. The lowest BCUT2D eigenvalue weighted by Crippen LogP contribution is -2.29. The lowest BCUT2D eigenvalue weighted by atomic mass is 9.88. The van der Waals surface area contributed by atoms with Crippen molar-refractivity contribution >= 4 is 5.91 Å². The fourth-order valence-electron chi connectivity index (χ4n) is 2.97. The first-order valence-electron chi connectivity index (χ1n) is 8.32. The molecule has 1 saturated heterocycles. The molecule has 118 valence electrons. The first-order chi connectivity index (χ1) is 9.63. The number of nitrogens with two attached hydrogens (primary N) is 1. The van der Waals surface area contributed by atoms with Crippen LogP contribution in [0.25, 0.3) is 0 Å². The summed E-state index contributed by atoms with van der Waals surface area (Å²) in [5.74, 6) is 1.39. The molecule has 0 aromatic carbocycles. The molecular formula is C16H33N3O. The van der Waals surface area contributed by atoms with Crippen LogP contribution in [-0.4, -0.2) is 43.5 Å². The molecule has 1 heterocycles. The smallest absolute Gasteiger partial charge is 0.220 e. The van der Waals surface area contributed by atoms with E-state index in [1.54, 1.807) is 0 Å². The molecule has 4 nitrogen and oxygen atoms in total. The second kappa shape index (κ2) is 10.2. The minimum Gasteiger partial charge on any atom is -0.356 e. The van der Waals surface area contributed by atoms with Crippen molar-refractivity contribution in [1.82, 2.24) is 10.2 Å². The quantitative estimate of drug-likeness (QED) is 0.603. The Labute approximate surface area is 124 Å². The molecule has 1 aliphatic rings. The van der Waals surface area contributed by atoms with Gasteiger partial charge in [0.15, 0.2) is 0 Å². The Morgan fingerprint density at radius 1 is 1.25 bits per heavy atom. The third kappa shape index (κ3) is 7.25. The first kappa shape index (κ1) is 17.4. The van der Waals surface area contributed by atoms with Gasteiger partial charge in [-0.3, -0.25) is 4.79 Å². The number of amides is 1. The van der Waals surface area contributed by atoms with Crippen molar-refractivity contribution in [3.05, 3.63) is 0 Å². The lowest BCUT2D eigenvalue weighted by Gasteiger charge is -2.19. The summed E-state index contributed by atoms with van der Waals surface area (Å²) in [7, 11) is 0. The van der Waals surface area contributed by atoms with E-state index in [2.05, 4.69) is 24.1 Å². The van der Waals surface area contributed by atoms with E-state index in [4.69, 9.17) is 5.73 Å². The summed E-state index contributed by atoms with van der Waals surface area (Å²) in [5.41, 5.74) is 5.63. The van der Waals surface area contributed by atoms with Crippen molar-refractivity contribution in [2.45, 2.75) is 52.4 Å². The molecule has 1 amide bonds. The molecule has 3 N–H and O–H groups in total. The molecule has 1 fully saturated rings. The number of carbonyl (C=O) groups excluding carboxylic acids is 1. The fraction of sp³-hybridized carbons (Fsp3) is 0.938. The maximum Gasteiger partial charge on any atom is 0.220 e. The van der Waals surface area contributed by atoms with Gasteiger partial charge in [-0.1, -0.05) is 13.8 Å². The Kier molecular flexibility index (Phi) is 8.86. The van der Waals surface area contributed by atoms with Crippen LogP contribution in [-0.2, 0) is 4.79 Å². The number of hydrogen-bond donors (Lipinski definition) is 2. The summed E-state index contributed by atoms with van der Waals surface area (Å²) in [4.78, 5) is 14.3. The van der Waals surface area contributed by atoms with Crippen molar-refractivity contribution in [1.29, 1.82) is 0 Å². The van der Waals surface area contributed by atoms with Gasteiger partial charge < -0.3 is 16.0 Å². The molecule has 0 saturated carbocycles. The summed E-state index contributed by atoms with van der Waals surface area (Å²) in [6.07, 6.45) is 6.38. The Morgan fingerprint density at radius 2 is 1.95 bits per heavy atom. The molecular weight excluding hydrogens is 250 g/mol. The van der Waals surface area contributed by atoms with Gasteiger partial charge in [0.1, 0.15) is 0 Å². The highest BCUT2D eigenvalue weighted by molar-refractivity contribution is 5.75. The van der Waals surface area contributed by atoms with Crippen LogP contribution in [0.2, 0.25) is 0 Å². The molecule has 0 bridgehead atoms. The molecule has 0 aromatic rings. The minimum atomic E-state index is 0.203. The van der Waals surface area contributed by atoms with Crippen LogP contribution >= 0.6 is 0 Å². The second-order valence-electron chi connectivity index (χ2n) is 6.37. The van der Waals surface area contributed by atoms with E-state index in [1.165, 1.54) is 25.9 Å². The van der Waals surface area contributed by atoms with Crippen LogP contribution in [0.15, 0.2) is 0 Å². The molecule has 1 aliphatic heterocycles. The third-order valence-electron chi connectivity index (χ3n) is 4.39. The molecule has 0 spiro atoms. The van der Waals surface area contributed by atoms with E-state index in [0.717, 1.165) is 38.9 Å². The van der Waals surface area contributed by atoms with E-state index in [0.29, 0.717) is 18.3 Å². The normalized spacial score (nSPS) is 17.6. The summed E-state index contributed by atoms with van der Waals surface area (Å²) in [5, 5.41) is 3.05. The van der Waals surface area contributed by atoms with Crippen molar-refractivity contribution in [3.63, 3.8) is 0 Å². The van der Waals surface area contributed by atoms with Gasteiger partial charge in [-0.15, -0.1) is 0 Å². The van der Waals surface area contributed by atoms with Crippen LogP contribution in [0.3, 0.4) is 0 Å². The standard InChI is InChI=1S/C16H33N3O/c1-14(2)15(8-9-17)6-7-16(20)18-10-5-13-19-11-3-4-12-19/h14-15H,3-13,17H2,1-2H3,(H,18,20). The molecule has 0 radical (unpaired) electrons. The largest absolute Gasteiger partial charge is 0.356 e. The Balaban J connectivity index is 2.03. The fourth-order valence-corrected chi connectivity index (χ4v) is 2.97. The SMILES string of the molecule is CC(C)C(CCN)CCC(=O)NCCCN1CCCC1. The first-order valence-corrected chi connectivity index (χ1v) is 8.32. The molecule has 1 unspecified atom stereocenters. The Morgan fingerprint density at radius 3 is 2.55 bits per heavy atom. The second-order valence-corrected chi connectivity index (χ2v) is 6.37. The summed E-state index contributed by atoms with van der Waals surface area (Å²) in [6, 6.07) is 0. The van der Waals surface area contributed by atoms with Gasteiger partial charge in [-0.2, -0.15) is 0 Å². The van der Waals surface area contributed by atoms with Crippen LogP contribution in [0.4, 0.5) is 0 Å². The zero-order valence-corrected chi connectivity index (χ0v) is 13.4. The number of hydrogen-bond acceptors (Lipinski definition) is 3. The molecule has 0 aromatic heterocycles. The van der Waals surface area contributed by atoms with Crippen LogP contribution in [0, 0.1) is 11.8 Å². The maximum absolute atomic E-state index is 11.8. The molecule has 1 atom stereocenters. The predicted octanol–water partition coefficient (Wildman–Crippen LogP) is 1.99. The summed E-state index contributed by atoms with van der Waals surface area (Å²) < 4.78 is 0. The summed E-state index contributed by atoms with van der Waals surface area (Å²) in [6.45, 7) is 9.58. The van der Waals surface area contributed by atoms with Gasteiger partial charge in [0.05, 0.1) is 0 Å². The average Bonchev–Trinajstić information content (AvgIpc) is 2.92. The average molecular weight is 283 g/mol. The lowest BCUT2D eigenvalue weighted by molar-refractivity contribution is -0.121. The molecule has 20 heavy (non-hydrogen) atoms. The van der Waals surface area contributed by atoms with Gasteiger partial charge in [0.2, 0.25) is 5.91 Å². The van der Waals surface area contributed by atoms with Crippen LogP contribution in [0.5, 0.6) is 0 Å². The summed E-state index contributed by atoms with van der Waals surface area (Å²) >= 11 is 0. The molecule has 1 rings (SSSR count).